The molecule has 1 amide bonds. The lowest BCUT2D eigenvalue weighted by atomic mass is 10.1. The molecule has 25 heavy (non-hydrogen) atoms. The fraction of sp³-hybridized carbons (Fsp3) is 0.211. The molecule has 0 unspecified atom stereocenters. The number of benzene rings is 2. The van der Waals surface area contributed by atoms with Gasteiger partial charge in [0.05, 0.1) is 0 Å². The molecule has 1 aromatic heterocycles. The van der Waals surface area contributed by atoms with Crippen molar-refractivity contribution in [3.05, 3.63) is 65.5 Å². The predicted octanol–water partition coefficient (Wildman–Crippen LogP) is 4.71. The number of aromatic nitrogens is 2. The average molecular weight is 355 g/mol. The fourth-order valence-corrected chi connectivity index (χ4v) is 3.29. The van der Waals surface area contributed by atoms with Gasteiger partial charge in [-0.15, -0.1) is 10.2 Å². The van der Waals surface area contributed by atoms with Gasteiger partial charge in [-0.1, -0.05) is 48.1 Å². The van der Waals surface area contributed by atoms with Crippen molar-refractivity contribution in [1.82, 2.24) is 10.2 Å². The van der Waals surface area contributed by atoms with Gasteiger partial charge >= 0.3 is 0 Å². The molecule has 0 radical (unpaired) electrons. The van der Waals surface area contributed by atoms with Gasteiger partial charge in [0.2, 0.25) is 5.13 Å². The monoisotopic (exact) mass is 355 g/mol. The summed E-state index contributed by atoms with van der Waals surface area (Å²) in [5.41, 5.74) is 2.37. The van der Waals surface area contributed by atoms with Crippen LogP contribution in [0.3, 0.4) is 0 Å². The first-order valence-corrected chi connectivity index (χ1v) is 8.88. The van der Waals surface area contributed by atoms with E-state index < -0.39 is 0 Å². The van der Waals surface area contributed by atoms with E-state index in [0.29, 0.717) is 27.8 Å². The molecule has 0 aliphatic carbocycles. The molecule has 2 aromatic carbocycles. The Bertz CT molecular complexity index is 876. The maximum atomic E-state index is 13.4. The second kappa shape index (κ2) is 7.53. The highest BCUT2D eigenvalue weighted by Crippen LogP contribution is 2.30. The van der Waals surface area contributed by atoms with Crippen LogP contribution < -0.4 is 4.90 Å². The number of rotatable bonds is 5. The molecule has 1 heterocycles. The smallest absolute Gasteiger partial charge is 0.260 e. The lowest BCUT2D eigenvalue weighted by molar-refractivity contribution is 0.0986. The number of carbonyl (C=O) groups is 1. The number of hydrogen-bond donors (Lipinski definition) is 0. The van der Waals surface area contributed by atoms with Crippen LogP contribution in [-0.4, -0.2) is 22.6 Å². The average Bonchev–Trinajstić information content (AvgIpc) is 3.09. The number of aryl methyl sites for hydroxylation is 1. The minimum Gasteiger partial charge on any atom is -0.283 e. The number of hydrogen-bond acceptors (Lipinski definition) is 4. The van der Waals surface area contributed by atoms with Crippen molar-refractivity contribution >= 4 is 22.4 Å². The molecule has 0 N–H and O–H groups in total. The van der Waals surface area contributed by atoms with Crippen molar-refractivity contribution in [2.45, 2.75) is 20.3 Å². The van der Waals surface area contributed by atoms with Crippen LogP contribution in [0.15, 0.2) is 48.5 Å². The molecule has 0 bridgehead atoms. The molecular formula is C19H18FN3OS. The SMILES string of the molecule is CCCN(C(=O)c1ccc(C)cc1)c1nnc(-c2cccc(F)c2)s1. The van der Waals surface area contributed by atoms with E-state index in [-0.39, 0.29) is 11.7 Å². The van der Waals surface area contributed by atoms with Crippen LogP contribution in [0.1, 0.15) is 29.3 Å². The summed E-state index contributed by atoms with van der Waals surface area (Å²) in [5.74, 6) is -0.431. The van der Waals surface area contributed by atoms with Gasteiger partial charge in [-0.25, -0.2) is 4.39 Å². The third kappa shape index (κ3) is 3.91. The van der Waals surface area contributed by atoms with Crippen LogP contribution in [0.5, 0.6) is 0 Å². The maximum Gasteiger partial charge on any atom is 0.260 e. The fourth-order valence-electron chi connectivity index (χ4n) is 2.42. The molecule has 0 atom stereocenters. The van der Waals surface area contributed by atoms with Crippen LogP contribution >= 0.6 is 11.3 Å². The third-order valence-electron chi connectivity index (χ3n) is 3.71. The van der Waals surface area contributed by atoms with Crippen molar-refractivity contribution in [3.8, 4) is 10.6 Å². The van der Waals surface area contributed by atoms with Crippen LogP contribution in [0.4, 0.5) is 9.52 Å². The number of halogens is 1. The Morgan fingerprint density at radius 3 is 2.60 bits per heavy atom. The Labute approximate surface area is 150 Å². The Morgan fingerprint density at radius 1 is 1.16 bits per heavy atom. The van der Waals surface area contributed by atoms with Crippen LogP contribution in [-0.2, 0) is 0 Å². The normalized spacial score (nSPS) is 10.7. The minimum absolute atomic E-state index is 0.108. The van der Waals surface area contributed by atoms with Crippen molar-refractivity contribution in [2.75, 3.05) is 11.4 Å². The Morgan fingerprint density at radius 2 is 1.92 bits per heavy atom. The molecular weight excluding hydrogens is 337 g/mol. The summed E-state index contributed by atoms with van der Waals surface area (Å²) >= 11 is 1.29. The van der Waals surface area contributed by atoms with Gasteiger partial charge in [-0.3, -0.25) is 9.69 Å². The topological polar surface area (TPSA) is 46.1 Å². The molecule has 3 aromatic rings. The molecule has 0 aliphatic rings. The maximum absolute atomic E-state index is 13.4. The molecule has 0 fully saturated rings. The second-order valence-corrected chi connectivity index (χ2v) is 6.68. The minimum atomic E-state index is -0.324. The van der Waals surface area contributed by atoms with E-state index in [1.807, 2.05) is 38.1 Å². The molecule has 0 spiro atoms. The summed E-state index contributed by atoms with van der Waals surface area (Å²) < 4.78 is 13.4. The number of nitrogens with zero attached hydrogens (tertiary/aromatic N) is 3. The number of carbonyl (C=O) groups excluding carboxylic acids is 1. The van der Waals surface area contributed by atoms with Crippen molar-refractivity contribution < 1.29 is 9.18 Å². The van der Waals surface area contributed by atoms with Crippen LogP contribution in [0, 0.1) is 12.7 Å². The van der Waals surface area contributed by atoms with Crippen LogP contribution in [0.25, 0.3) is 10.6 Å². The summed E-state index contributed by atoms with van der Waals surface area (Å²) in [6.45, 7) is 4.53. The zero-order chi connectivity index (χ0) is 17.8. The molecule has 6 heteroatoms. The zero-order valence-electron chi connectivity index (χ0n) is 14.1. The highest BCUT2D eigenvalue weighted by atomic mass is 32.1. The molecule has 128 valence electrons. The van der Waals surface area contributed by atoms with Crippen molar-refractivity contribution in [1.29, 1.82) is 0 Å². The van der Waals surface area contributed by atoms with E-state index >= 15 is 0 Å². The molecule has 3 rings (SSSR count). The van der Waals surface area contributed by atoms with E-state index in [1.54, 1.807) is 17.0 Å². The molecule has 4 nitrogen and oxygen atoms in total. The Balaban J connectivity index is 1.91. The Kier molecular flexibility index (Phi) is 5.19. The van der Waals surface area contributed by atoms with Crippen molar-refractivity contribution in [3.63, 3.8) is 0 Å². The number of anilines is 1. The second-order valence-electron chi connectivity index (χ2n) is 5.72. The standard InChI is InChI=1S/C19H18FN3OS/c1-3-11-23(18(24)14-9-7-13(2)8-10-14)19-22-21-17(25-19)15-5-4-6-16(20)12-15/h4-10,12H,3,11H2,1-2H3. The van der Waals surface area contributed by atoms with E-state index in [2.05, 4.69) is 10.2 Å². The van der Waals surface area contributed by atoms with Gasteiger partial charge in [0.1, 0.15) is 10.8 Å². The highest BCUT2D eigenvalue weighted by Gasteiger charge is 2.21. The lowest BCUT2D eigenvalue weighted by Gasteiger charge is -2.18. The van der Waals surface area contributed by atoms with E-state index in [0.717, 1.165) is 12.0 Å². The molecule has 0 saturated heterocycles. The summed E-state index contributed by atoms with van der Waals surface area (Å²) in [7, 11) is 0. The highest BCUT2D eigenvalue weighted by molar-refractivity contribution is 7.18. The predicted molar refractivity (Wildman–Crippen MR) is 98.4 cm³/mol. The van der Waals surface area contributed by atoms with Gasteiger partial charge in [0.25, 0.3) is 5.91 Å². The zero-order valence-corrected chi connectivity index (χ0v) is 14.9. The summed E-state index contributed by atoms with van der Waals surface area (Å²) in [4.78, 5) is 14.5. The van der Waals surface area contributed by atoms with Gasteiger partial charge in [-0.05, 0) is 37.6 Å². The first kappa shape index (κ1) is 17.2. The lowest BCUT2D eigenvalue weighted by Crippen LogP contribution is -2.31. The van der Waals surface area contributed by atoms with Gasteiger partial charge < -0.3 is 0 Å². The Hall–Kier alpha value is -2.60. The largest absolute Gasteiger partial charge is 0.283 e. The third-order valence-corrected chi connectivity index (χ3v) is 4.70. The van der Waals surface area contributed by atoms with E-state index in [4.69, 9.17) is 0 Å². The quantitative estimate of drug-likeness (QED) is 0.666. The van der Waals surface area contributed by atoms with Gasteiger partial charge in [-0.2, -0.15) is 0 Å². The molecule has 0 saturated carbocycles. The van der Waals surface area contributed by atoms with Crippen molar-refractivity contribution in [2.24, 2.45) is 0 Å². The molecule has 0 aliphatic heterocycles. The summed E-state index contributed by atoms with van der Waals surface area (Å²) in [6.07, 6.45) is 0.798. The van der Waals surface area contributed by atoms with E-state index in [1.165, 1.54) is 23.5 Å². The first-order valence-electron chi connectivity index (χ1n) is 8.06. The first-order chi connectivity index (χ1) is 12.1. The van der Waals surface area contributed by atoms with Crippen LogP contribution in [0.2, 0.25) is 0 Å². The van der Waals surface area contributed by atoms with Gasteiger partial charge in [0.15, 0.2) is 0 Å². The van der Waals surface area contributed by atoms with Gasteiger partial charge in [0, 0.05) is 17.7 Å². The van der Waals surface area contributed by atoms with E-state index in [9.17, 15) is 9.18 Å². The summed E-state index contributed by atoms with van der Waals surface area (Å²) in [5, 5.41) is 9.40. The summed E-state index contributed by atoms with van der Waals surface area (Å²) in [6, 6.07) is 13.7. The number of amides is 1.